The van der Waals surface area contributed by atoms with Crippen molar-refractivity contribution in [1.29, 1.82) is 0 Å². The predicted octanol–water partition coefficient (Wildman–Crippen LogP) is 6.42. The third kappa shape index (κ3) is 5.67. The van der Waals surface area contributed by atoms with Crippen molar-refractivity contribution in [3.05, 3.63) is 102 Å². The summed E-state index contributed by atoms with van der Waals surface area (Å²) >= 11 is 0. The van der Waals surface area contributed by atoms with Gasteiger partial charge in [-0.3, -0.25) is 9.52 Å². The monoisotopic (exact) mass is 569 g/mol. The van der Waals surface area contributed by atoms with E-state index in [1.54, 1.807) is 18.2 Å². The molecule has 2 N–H and O–H groups in total. The van der Waals surface area contributed by atoms with E-state index in [0.29, 0.717) is 11.4 Å². The van der Waals surface area contributed by atoms with Crippen molar-refractivity contribution >= 4 is 55.1 Å². The van der Waals surface area contributed by atoms with Gasteiger partial charge in [0.2, 0.25) is 0 Å². The quantitative estimate of drug-likeness (QED) is 0.210. The number of benzene rings is 4. The molecule has 0 saturated carbocycles. The van der Waals surface area contributed by atoms with E-state index >= 15 is 0 Å². The van der Waals surface area contributed by atoms with Gasteiger partial charge in [0, 0.05) is 39.7 Å². The van der Waals surface area contributed by atoms with E-state index in [9.17, 15) is 18.0 Å². The zero-order valence-electron chi connectivity index (χ0n) is 23.3. The first kappa shape index (κ1) is 27.9. The summed E-state index contributed by atoms with van der Waals surface area (Å²) in [6.07, 6.45) is -1.06. The number of esters is 1. The Bertz CT molecular complexity index is 1890. The summed E-state index contributed by atoms with van der Waals surface area (Å²) in [5, 5.41) is 4.96. The summed E-state index contributed by atoms with van der Waals surface area (Å²) < 4.78 is 35.6. The molecular weight excluding hydrogens is 538 g/mol. The van der Waals surface area contributed by atoms with Crippen LogP contribution in [0, 0.1) is 13.8 Å². The number of hydrogen-bond donors (Lipinski definition) is 2. The molecule has 0 saturated heterocycles. The van der Waals surface area contributed by atoms with Crippen LogP contribution >= 0.6 is 0 Å². The standard InChI is InChI=1S/C32H31N3O5S/c1-5-35-29-9-7-6-8-27(29)28-19-25(15-17-30(28)35)33-31(36)22(4)40-32(37)23-11-13-24(14-12-23)34-41(38,39)26-16-10-20(2)21(3)18-26/h6-19,22,34H,5H2,1-4H3,(H,33,36)/t22-/m0/s1. The highest BCUT2D eigenvalue weighted by molar-refractivity contribution is 7.92. The van der Waals surface area contributed by atoms with Gasteiger partial charge >= 0.3 is 5.97 Å². The molecule has 4 aromatic carbocycles. The first-order valence-corrected chi connectivity index (χ1v) is 14.8. The van der Waals surface area contributed by atoms with Crippen LogP contribution in [0.15, 0.2) is 89.8 Å². The second kappa shape index (κ2) is 11.1. The molecule has 0 bridgehead atoms. The summed E-state index contributed by atoms with van der Waals surface area (Å²) in [5.74, 6) is -1.16. The lowest BCUT2D eigenvalue weighted by molar-refractivity contribution is -0.123. The molecule has 1 heterocycles. The molecule has 0 spiro atoms. The number of carbonyl (C=O) groups excluding carboxylic acids is 2. The maximum Gasteiger partial charge on any atom is 0.338 e. The fourth-order valence-corrected chi connectivity index (χ4v) is 5.91. The predicted molar refractivity (Wildman–Crippen MR) is 162 cm³/mol. The Morgan fingerprint density at radius 1 is 0.829 bits per heavy atom. The van der Waals surface area contributed by atoms with Gasteiger partial charge < -0.3 is 14.6 Å². The van der Waals surface area contributed by atoms with Gasteiger partial charge in [0.25, 0.3) is 15.9 Å². The van der Waals surface area contributed by atoms with E-state index in [0.717, 1.165) is 39.5 Å². The van der Waals surface area contributed by atoms with Crippen molar-refractivity contribution in [2.75, 3.05) is 10.0 Å². The zero-order chi connectivity index (χ0) is 29.3. The Balaban J connectivity index is 1.23. The van der Waals surface area contributed by atoms with Crippen molar-refractivity contribution in [3.8, 4) is 0 Å². The molecule has 0 aliphatic heterocycles. The third-order valence-electron chi connectivity index (χ3n) is 7.17. The van der Waals surface area contributed by atoms with E-state index in [1.165, 1.54) is 31.2 Å². The van der Waals surface area contributed by atoms with E-state index in [-0.39, 0.29) is 10.5 Å². The number of aryl methyl sites for hydroxylation is 3. The molecular formula is C32H31N3O5S. The Morgan fingerprint density at radius 2 is 1.51 bits per heavy atom. The largest absolute Gasteiger partial charge is 0.449 e. The molecule has 41 heavy (non-hydrogen) atoms. The summed E-state index contributed by atoms with van der Waals surface area (Å²) in [6, 6.07) is 24.6. The number of anilines is 2. The minimum atomic E-state index is -3.79. The number of rotatable bonds is 8. The van der Waals surface area contributed by atoms with E-state index < -0.39 is 28.0 Å². The molecule has 9 heteroatoms. The fraction of sp³-hybridized carbons (Fsp3) is 0.188. The number of para-hydroxylation sites is 1. The lowest BCUT2D eigenvalue weighted by atomic mass is 10.1. The molecule has 0 fully saturated rings. The van der Waals surface area contributed by atoms with Crippen LogP contribution in [0.2, 0.25) is 0 Å². The van der Waals surface area contributed by atoms with Crippen LogP contribution in [-0.4, -0.2) is 31.0 Å². The van der Waals surface area contributed by atoms with Gasteiger partial charge in [-0.15, -0.1) is 0 Å². The summed E-state index contributed by atoms with van der Waals surface area (Å²) in [5.41, 5.74) is 5.15. The highest BCUT2D eigenvalue weighted by Gasteiger charge is 2.21. The number of fused-ring (bicyclic) bond motifs is 3. The summed E-state index contributed by atoms with van der Waals surface area (Å²) in [7, 11) is -3.79. The first-order chi connectivity index (χ1) is 19.6. The fourth-order valence-electron chi connectivity index (χ4n) is 4.77. The van der Waals surface area contributed by atoms with Crippen LogP contribution in [-0.2, 0) is 26.1 Å². The normalized spacial score (nSPS) is 12.3. The Kier molecular flexibility index (Phi) is 7.55. The van der Waals surface area contributed by atoms with Crippen molar-refractivity contribution in [3.63, 3.8) is 0 Å². The van der Waals surface area contributed by atoms with Gasteiger partial charge in [0.05, 0.1) is 10.5 Å². The van der Waals surface area contributed by atoms with Crippen LogP contribution in [0.25, 0.3) is 21.8 Å². The average molecular weight is 570 g/mol. The second-order valence-corrected chi connectivity index (χ2v) is 11.6. The van der Waals surface area contributed by atoms with Crippen LogP contribution in [0.1, 0.15) is 35.3 Å². The lowest BCUT2D eigenvalue weighted by Gasteiger charge is -2.14. The van der Waals surface area contributed by atoms with Crippen molar-refractivity contribution < 1.29 is 22.7 Å². The highest BCUT2D eigenvalue weighted by Crippen LogP contribution is 2.31. The van der Waals surface area contributed by atoms with Gasteiger partial charge in [0.1, 0.15) is 0 Å². The summed E-state index contributed by atoms with van der Waals surface area (Å²) in [4.78, 5) is 25.7. The molecule has 0 unspecified atom stereocenters. The van der Waals surface area contributed by atoms with Gasteiger partial charge in [-0.05, 0) is 99.5 Å². The SMILES string of the molecule is CCn1c2ccccc2c2cc(NC(=O)[C@H](C)OC(=O)c3ccc(NS(=O)(=O)c4ccc(C)c(C)c4)cc3)ccc21. The minimum absolute atomic E-state index is 0.152. The molecule has 5 rings (SSSR count). The number of aromatic nitrogens is 1. The van der Waals surface area contributed by atoms with E-state index in [1.807, 2.05) is 44.2 Å². The van der Waals surface area contributed by atoms with Crippen LogP contribution in [0.4, 0.5) is 11.4 Å². The molecule has 0 aliphatic rings. The Hall–Kier alpha value is -4.63. The molecule has 5 aromatic rings. The van der Waals surface area contributed by atoms with Crippen molar-refractivity contribution in [1.82, 2.24) is 4.57 Å². The van der Waals surface area contributed by atoms with Gasteiger partial charge in [0.15, 0.2) is 6.10 Å². The van der Waals surface area contributed by atoms with E-state index in [4.69, 9.17) is 4.74 Å². The number of amides is 1. The third-order valence-corrected chi connectivity index (χ3v) is 8.55. The highest BCUT2D eigenvalue weighted by atomic mass is 32.2. The smallest absolute Gasteiger partial charge is 0.338 e. The number of ether oxygens (including phenoxy) is 1. The van der Waals surface area contributed by atoms with Crippen LogP contribution in [0.5, 0.6) is 0 Å². The van der Waals surface area contributed by atoms with Gasteiger partial charge in [-0.2, -0.15) is 0 Å². The molecule has 1 aromatic heterocycles. The number of sulfonamides is 1. The molecule has 1 atom stereocenters. The van der Waals surface area contributed by atoms with Crippen molar-refractivity contribution in [2.24, 2.45) is 0 Å². The first-order valence-electron chi connectivity index (χ1n) is 13.3. The minimum Gasteiger partial charge on any atom is -0.449 e. The average Bonchev–Trinajstić information content (AvgIpc) is 3.27. The van der Waals surface area contributed by atoms with E-state index in [2.05, 4.69) is 33.7 Å². The van der Waals surface area contributed by atoms with Gasteiger partial charge in [-0.25, -0.2) is 13.2 Å². The molecule has 0 aliphatic carbocycles. The summed E-state index contributed by atoms with van der Waals surface area (Å²) in [6.45, 7) is 8.17. The van der Waals surface area contributed by atoms with Crippen LogP contribution < -0.4 is 10.0 Å². The van der Waals surface area contributed by atoms with Crippen LogP contribution in [0.3, 0.4) is 0 Å². The maximum atomic E-state index is 12.9. The molecule has 1 amide bonds. The number of carbonyl (C=O) groups is 2. The zero-order valence-corrected chi connectivity index (χ0v) is 24.1. The van der Waals surface area contributed by atoms with Crippen molar-refractivity contribution in [2.45, 2.75) is 45.2 Å². The Morgan fingerprint density at radius 3 is 2.22 bits per heavy atom. The topological polar surface area (TPSA) is 106 Å². The second-order valence-electron chi connectivity index (χ2n) is 9.96. The molecule has 210 valence electrons. The maximum absolute atomic E-state index is 12.9. The Labute approximate surface area is 239 Å². The van der Waals surface area contributed by atoms with Gasteiger partial charge in [-0.1, -0.05) is 24.3 Å². The number of hydrogen-bond acceptors (Lipinski definition) is 5. The number of nitrogens with one attached hydrogen (secondary N) is 2. The molecule has 8 nitrogen and oxygen atoms in total. The lowest BCUT2D eigenvalue weighted by Crippen LogP contribution is -2.30. The molecule has 0 radical (unpaired) electrons. The number of nitrogens with zero attached hydrogens (tertiary/aromatic N) is 1.